The molecule has 0 radical (unpaired) electrons. The zero-order valence-electron chi connectivity index (χ0n) is 5.74. The van der Waals surface area contributed by atoms with Crippen LogP contribution in [0.5, 0.6) is 0 Å². The maximum atomic E-state index is 12.1. The van der Waals surface area contributed by atoms with Gasteiger partial charge in [0.15, 0.2) is 0 Å². The molecular weight excluding hydrogens is 103 g/mol. The average Bonchev–Trinajstić information content (AvgIpc) is 1.65. The minimum absolute atomic E-state index is 0.782. The molecule has 0 heterocycles. The Hall–Kier alpha value is -0.330. The maximum absolute atomic E-state index is 12.1. The Morgan fingerprint density at radius 1 is 1.75 bits per heavy atom. The van der Waals surface area contributed by atoms with Crippen molar-refractivity contribution in [3.05, 3.63) is 11.6 Å². The zero-order valence-corrected chi connectivity index (χ0v) is 5.74. The normalized spacial score (nSPS) is 16.2. The third kappa shape index (κ3) is 3.85. The summed E-state index contributed by atoms with van der Waals surface area (Å²) in [4.78, 5) is 0. The number of alkyl halides is 1. The molecule has 0 aromatic rings. The van der Waals surface area contributed by atoms with Gasteiger partial charge in [-0.2, -0.15) is 0 Å². The summed E-state index contributed by atoms with van der Waals surface area (Å²) in [5, 5.41) is 0. The van der Waals surface area contributed by atoms with Gasteiger partial charge in [-0.15, -0.1) is 0 Å². The van der Waals surface area contributed by atoms with E-state index in [9.17, 15) is 4.39 Å². The van der Waals surface area contributed by atoms with E-state index in [0.29, 0.717) is 0 Å². The molecule has 1 atom stereocenters. The summed E-state index contributed by atoms with van der Waals surface area (Å²) in [6.45, 7) is 5.50. The van der Waals surface area contributed by atoms with Gasteiger partial charge in [-0.25, -0.2) is 4.39 Å². The van der Waals surface area contributed by atoms with Crippen molar-refractivity contribution in [1.29, 1.82) is 0 Å². The zero-order chi connectivity index (χ0) is 6.57. The quantitative estimate of drug-likeness (QED) is 0.486. The van der Waals surface area contributed by atoms with E-state index in [-0.39, 0.29) is 0 Å². The fraction of sp³-hybridized carbons (Fsp3) is 0.714. The molecule has 0 aromatic heterocycles. The van der Waals surface area contributed by atoms with E-state index in [4.69, 9.17) is 0 Å². The smallest absolute Gasteiger partial charge is 0.116 e. The summed E-state index contributed by atoms with van der Waals surface area (Å²) in [7, 11) is 0. The predicted octanol–water partition coefficient (Wildman–Crippen LogP) is 2.70. The molecule has 0 spiro atoms. The molecule has 0 N–H and O–H groups in total. The summed E-state index contributed by atoms with van der Waals surface area (Å²) in [5.41, 5.74) is 1.13. The molecule has 8 heavy (non-hydrogen) atoms. The first-order valence-corrected chi connectivity index (χ1v) is 2.98. The van der Waals surface area contributed by atoms with E-state index in [0.717, 1.165) is 12.0 Å². The number of hydrogen-bond acceptors (Lipinski definition) is 0. The van der Waals surface area contributed by atoms with Crippen LogP contribution in [0.4, 0.5) is 4.39 Å². The molecule has 0 rings (SSSR count). The monoisotopic (exact) mass is 116 g/mol. The highest BCUT2D eigenvalue weighted by Gasteiger charge is 1.90. The molecule has 0 aliphatic rings. The van der Waals surface area contributed by atoms with Crippen molar-refractivity contribution in [3.63, 3.8) is 0 Å². The van der Waals surface area contributed by atoms with Crippen LogP contribution in [0.2, 0.25) is 0 Å². The number of allylic oxidation sites excluding steroid dienone is 2. The molecule has 0 aromatic carbocycles. The van der Waals surface area contributed by atoms with Crippen molar-refractivity contribution in [3.8, 4) is 0 Å². The second-order valence-electron chi connectivity index (χ2n) is 2.04. The minimum atomic E-state index is -0.782. The Balaban J connectivity index is 3.56. The summed E-state index contributed by atoms with van der Waals surface area (Å²) in [6.07, 6.45) is 1.81. The second kappa shape index (κ2) is 3.65. The highest BCUT2D eigenvalue weighted by molar-refractivity contribution is 4.99. The molecule has 0 saturated heterocycles. The molecule has 0 aliphatic carbocycles. The van der Waals surface area contributed by atoms with Gasteiger partial charge in [0, 0.05) is 0 Å². The summed E-state index contributed by atoms with van der Waals surface area (Å²) >= 11 is 0. The molecule has 48 valence electrons. The molecule has 0 fully saturated rings. The van der Waals surface area contributed by atoms with E-state index in [2.05, 4.69) is 0 Å². The maximum Gasteiger partial charge on any atom is 0.116 e. The summed E-state index contributed by atoms with van der Waals surface area (Å²) in [5.74, 6) is 0. The Morgan fingerprint density at radius 2 is 2.25 bits per heavy atom. The van der Waals surface area contributed by atoms with Crippen LogP contribution in [0.1, 0.15) is 27.2 Å². The number of hydrogen-bond donors (Lipinski definition) is 0. The standard InChI is InChI=1S/C7H13F/c1-4-6(2)5-7(3)8/h5,7H,4H2,1-3H3/b6-5+. The number of rotatable bonds is 2. The van der Waals surface area contributed by atoms with Crippen molar-refractivity contribution < 1.29 is 4.39 Å². The lowest BCUT2D eigenvalue weighted by Gasteiger charge is -1.94. The fourth-order valence-electron chi connectivity index (χ4n) is 0.510. The third-order valence-corrected chi connectivity index (χ3v) is 1.07. The van der Waals surface area contributed by atoms with Crippen LogP contribution in [0.25, 0.3) is 0 Å². The van der Waals surface area contributed by atoms with Crippen LogP contribution in [0.3, 0.4) is 0 Å². The highest BCUT2D eigenvalue weighted by Crippen LogP contribution is 2.01. The van der Waals surface area contributed by atoms with Crippen molar-refractivity contribution in [2.24, 2.45) is 0 Å². The van der Waals surface area contributed by atoms with Gasteiger partial charge in [-0.3, -0.25) is 0 Å². The molecule has 0 bridgehead atoms. The summed E-state index contributed by atoms with van der Waals surface area (Å²) < 4.78 is 12.1. The van der Waals surface area contributed by atoms with E-state index in [1.54, 1.807) is 13.0 Å². The van der Waals surface area contributed by atoms with Crippen LogP contribution in [-0.4, -0.2) is 6.17 Å². The van der Waals surface area contributed by atoms with Crippen LogP contribution in [-0.2, 0) is 0 Å². The Labute approximate surface area is 50.4 Å². The lowest BCUT2D eigenvalue weighted by Crippen LogP contribution is -1.85. The first-order valence-electron chi connectivity index (χ1n) is 2.98. The van der Waals surface area contributed by atoms with Gasteiger partial charge in [0.2, 0.25) is 0 Å². The van der Waals surface area contributed by atoms with Gasteiger partial charge < -0.3 is 0 Å². The minimum Gasteiger partial charge on any atom is -0.243 e. The third-order valence-electron chi connectivity index (χ3n) is 1.07. The van der Waals surface area contributed by atoms with Crippen molar-refractivity contribution in [1.82, 2.24) is 0 Å². The van der Waals surface area contributed by atoms with Crippen molar-refractivity contribution >= 4 is 0 Å². The van der Waals surface area contributed by atoms with Gasteiger partial charge in [-0.05, 0) is 20.3 Å². The van der Waals surface area contributed by atoms with Crippen LogP contribution < -0.4 is 0 Å². The molecule has 0 amide bonds. The van der Waals surface area contributed by atoms with Crippen LogP contribution in [0.15, 0.2) is 11.6 Å². The van der Waals surface area contributed by atoms with Crippen LogP contribution in [0, 0.1) is 0 Å². The van der Waals surface area contributed by atoms with Crippen molar-refractivity contribution in [2.45, 2.75) is 33.4 Å². The largest absolute Gasteiger partial charge is 0.243 e. The predicted molar refractivity (Wildman–Crippen MR) is 34.6 cm³/mol. The van der Waals surface area contributed by atoms with Crippen molar-refractivity contribution in [2.75, 3.05) is 0 Å². The Morgan fingerprint density at radius 3 is 2.38 bits per heavy atom. The summed E-state index contributed by atoms with van der Waals surface area (Å²) in [6, 6.07) is 0. The van der Waals surface area contributed by atoms with Crippen LogP contribution >= 0.6 is 0 Å². The first kappa shape index (κ1) is 7.67. The van der Waals surface area contributed by atoms with E-state index >= 15 is 0 Å². The van der Waals surface area contributed by atoms with Gasteiger partial charge >= 0.3 is 0 Å². The molecular formula is C7H13F. The first-order chi connectivity index (χ1) is 3.66. The highest BCUT2D eigenvalue weighted by atomic mass is 19.1. The second-order valence-corrected chi connectivity index (χ2v) is 2.04. The number of halogens is 1. The lowest BCUT2D eigenvalue weighted by atomic mass is 10.2. The molecule has 0 aliphatic heterocycles. The lowest BCUT2D eigenvalue weighted by molar-refractivity contribution is 0.428. The molecule has 1 heteroatoms. The molecule has 1 unspecified atom stereocenters. The van der Waals surface area contributed by atoms with Gasteiger partial charge in [0.1, 0.15) is 6.17 Å². The van der Waals surface area contributed by atoms with Gasteiger partial charge in [0.25, 0.3) is 0 Å². The topological polar surface area (TPSA) is 0 Å². The van der Waals surface area contributed by atoms with Gasteiger partial charge in [0.05, 0.1) is 0 Å². The molecule has 0 nitrogen and oxygen atoms in total. The average molecular weight is 116 g/mol. The molecule has 0 saturated carbocycles. The van der Waals surface area contributed by atoms with Gasteiger partial charge in [-0.1, -0.05) is 18.6 Å². The fourth-order valence-corrected chi connectivity index (χ4v) is 0.510. The van der Waals surface area contributed by atoms with E-state index in [1.165, 1.54) is 0 Å². The Bertz CT molecular complexity index is 82.4. The Kier molecular flexibility index (Phi) is 3.49. The SMILES string of the molecule is CC/C(C)=C/C(C)F. The van der Waals surface area contributed by atoms with E-state index < -0.39 is 6.17 Å². The van der Waals surface area contributed by atoms with E-state index in [1.807, 2.05) is 13.8 Å².